The van der Waals surface area contributed by atoms with E-state index in [1.54, 1.807) is 25.4 Å². The van der Waals surface area contributed by atoms with Crippen LogP contribution in [0.5, 0.6) is 11.5 Å². The van der Waals surface area contributed by atoms with Crippen LogP contribution in [0, 0.1) is 0 Å². The zero-order chi connectivity index (χ0) is 19.7. The smallest absolute Gasteiger partial charge is 0.191 e. The fourth-order valence-corrected chi connectivity index (χ4v) is 3.31. The zero-order valence-corrected chi connectivity index (χ0v) is 20.0. The van der Waals surface area contributed by atoms with Gasteiger partial charge in [-0.2, -0.15) is 11.3 Å². The summed E-state index contributed by atoms with van der Waals surface area (Å²) in [4.78, 5) is 4.61. The summed E-state index contributed by atoms with van der Waals surface area (Å²) in [6, 6.07) is 7.73. The van der Waals surface area contributed by atoms with Crippen LogP contribution in [0.1, 0.15) is 31.9 Å². The van der Waals surface area contributed by atoms with Crippen molar-refractivity contribution in [2.24, 2.45) is 4.99 Å². The molecule has 0 spiro atoms. The fourth-order valence-electron chi connectivity index (χ4n) is 2.53. The highest BCUT2D eigenvalue weighted by atomic mass is 127. The number of halogens is 1. The second-order valence-electron chi connectivity index (χ2n) is 6.25. The normalized spacial score (nSPS) is 13.2. The lowest BCUT2D eigenvalue weighted by atomic mass is 9.99. The zero-order valence-electron chi connectivity index (χ0n) is 16.8. The molecule has 0 aliphatic carbocycles. The second kappa shape index (κ2) is 12.1. The lowest BCUT2D eigenvalue weighted by molar-refractivity contribution is 0.0621. The van der Waals surface area contributed by atoms with E-state index in [1.807, 2.05) is 48.9 Å². The number of ether oxygens (including phenoxy) is 2. The number of methoxy groups -OCH3 is 1. The molecule has 0 saturated carbocycles. The van der Waals surface area contributed by atoms with Gasteiger partial charge < -0.3 is 25.2 Å². The third-order valence-corrected chi connectivity index (χ3v) is 4.72. The van der Waals surface area contributed by atoms with Crippen LogP contribution >= 0.6 is 35.3 Å². The Balaban J connectivity index is 0.00000392. The van der Waals surface area contributed by atoms with Crippen LogP contribution in [0.4, 0.5) is 0 Å². The van der Waals surface area contributed by atoms with Crippen molar-refractivity contribution in [2.75, 3.05) is 26.8 Å². The molecule has 0 radical (unpaired) electrons. The maximum absolute atomic E-state index is 10.7. The molecule has 2 rings (SSSR count). The van der Waals surface area contributed by atoms with E-state index in [9.17, 15) is 5.11 Å². The summed E-state index contributed by atoms with van der Waals surface area (Å²) >= 11 is 1.57. The first-order valence-electron chi connectivity index (χ1n) is 9.07. The van der Waals surface area contributed by atoms with Crippen LogP contribution < -0.4 is 20.1 Å². The van der Waals surface area contributed by atoms with Gasteiger partial charge in [-0.05, 0) is 60.9 Å². The SMILES string of the molecule is CCNC(=NCc1ccc(OC)c(OCC)c1)NCC(C)(O)c1ccsc1.I. The monoisotopic (exact) mass is 519 g/mol. The standard InChI is InChI=1S/C20H29N3O3S.HI/c1-5-21-19(23-14-20(3,24)16-9-10-27-13-16)22-12-15-7-8-17(25-4)18(11-15)26-6-2;/h7-11,13,24H,5-6,12,14H2,1-4H3,(H2,21,22,23);1H. The molecule has 1 aromatic heterocycles. The average molecular weight is 519 g/mol. The van der Waals surface area contributed by atoms with Gasteiger partial charge in [-0.25, -0.2) is 4.99 Å². The van der Waals surface area contributed by atoms with Gasteiger partial charge in [0.05, 0.1) is 26.8 Å². The molecule has 0 saturated heterocycles. The summed E-state index contributed by atoms with van der Waals surface area (Å²) in [5, 5.41) is 21.0. The van der Waals surface area contributed by atoms with Crippen LogP contribution in [0.2, 0.25) is 0 Å². The van der Waals surface area contributed by atoms with E-state index in [0.29, 0.717) is 37.2 Å². The van der Waals surface area contributed by atoms with Crippen LogP contribution in [0.25, 0.3) is 0 Å². The van der Waals surface area contributed by atoms with Gasteiger partial charge in [-0.3, -0.25) is 0 Å². The van der Waals surface area contributed by atoms with Crippen molar-refractivity contribution in [1.82, 2.24) is 10.6 Å². The second-order valence-corrected chi connectivity index (χ2v) is 7.03. The molecular weight excluding hydrogens is 489 g/mol. The summed E-state index contributed by atoms with van der Waals surface area (Å²) in [5.74, 6) is 2.08. The number of benzene rings is 1. The number of aliphatic imine (C=N–C) groups is 1. The number of hydrogen-bond donors (Lipinski definition) is 3. The van der Waals surface area contributed by atoms with Crippen LogP contribution in [-0.2, 0) is 12.1 Å². The third-order valence-electron chi connectivity index (χ3n) is 4.03. The molecule has 0 aliphatic heterocycles. The minimum Gasteiger partial charge on any atom is -0.493 e. The summed E-state index contributed by atoms with van der Waals surface area (Å²) in [5.41, 5.74) is 0.951. The minimum atomic E-state index is -0.960. The van der Waals surface area contributed by atoms with Crippen molar-refractivity contribution in [3.05, 3.63) is 46.2 Å². The molecule has 1 unspecified atom stereocenters. The lowest BCUT2D eigenvalue weighted by Crippen LogP contribution is -2.44. The molecule has 1 aromatic carbocycles. The van der Waals surface area contributed by atoms with Gasteiger partial charge >= 0.3 is 0 Å². The third kappa shape index (κ3) is 7.14. The maximum Gasteiger partial charge on any atom is 0.191 e. The average Bonchev–Trinajstić information content (AvgIpc) is 3.20. The molecule has 28 heavy (non-hydrogen) atoms. The maximum atomic E-state index is 10.7. The van der Waals surface area contributed by atoms with Gasteiger partial charge in [0.2, 0.25) is 0 Å². The van der Waals surface area contributed by atoms with Gasteiger partial charge in [0.25, 0.3) is 0 Å². The Labute approximate surface area is 188 Å². The Bertz CT molecular complexity index is 736. The van der Waals surface area contributed by atoms with Crippen molar-refractivity contribution in [1.29, 1.82) is 0 Å². The van der Waals surface area contributed by atoms with Gasteiger partial charge in [-0.15, -0.1) is 24.0 Å². The number of hydrogen-bond acceptors (Lipinski definition) is 5. The van der Waals surface area contributed by atoms with Crippen LogP contribution in [0.3, 0.4) is 0 Å². The molecule has 3 N–H and O–H groups in total. The number of nitrogens with one attached hydrogen (secondary N) is 2. The van der Waals surface area contributed by atoms with Gasteiger partial charge in [0.15, 0.2) is 17.5 Å². The number of aliphatic hydroxyl groups is 1. The molecule has 2 aromatic rings. The molecule has 0 fully saturated rings. The van der Waals surface area contributed by atoms with Crippen LogP contribution in [-0.4, -0.2) is 37.9 Å². The first kappa shape index (κ1) is 24.5. The highest BCUT2D eigenvalue weighted by Crippen LogP contribution is 2.28. The molecule has 6 nitrogen and oxygen atoms in total. The van der Waals surface area contributed by atoms with Crippen molar-refractivity contribution in [3.8, 4) is 11.5 Å². The van der Waals surface area contributed by atoms with Gasteiger partial charge in [0.1, 0.15) is 5.60 Å². The fraction of sp³-hybridized carbons (Fsp3) is 0.450. The van der Waals surface area contributed by atoms with E-state index in [-0.39, 0.29) is 24.0 Å². The topological polar surface area (TPSA) is 75.1 Å². The molecule has 1 heterocycles. The molecule has 1 atom stereocenters. The summed E-state index contributed by atoms with van der Waals surface area (Å²) in [6.07, 6.45) is 0. The molecule has 0 amide bonds. The first-order chi connectivity index (χ1) is 13.0. The van der Waals surface area contributed by atoms with E-state index in [0.717, 1.165) is 17.7 Å². The Morgan fingerprint density at radius 1 is 1.21 bits per heavy atom. The molecule has 8 heteroatoms. The van der Waals surface area contributed by atoms with Crippen LogP contribution in [0.15, 0.2) is 40.0 Å². The van der Waals surface area contributed by atoms with E-state index in [1.165, 1.54) is 0 Å². The molecule has 0 bridgehead atoms. The first-order valence-corrected chi connectivity index (χ1v) is 10.0. The quantitative estimate of drug-likeness (QED) is 0.268. The van der Waals surface area contributed by atoms with Crippen molar-refractivity contribution < 1.29 is 14.6 Å². The summed E-state index contributed by atoms with van der Waals surface area (Å²) < 4.78 is 10.9. The highest BCUT2D eigenvalue weighted by Gasteiger charge is 2.23. The minimum absolute atomic E-state index is 0. The summed E-state index contributed by atoms with van der Waals surface area (Å²) in [6.45, 7) is 7.90. The Morgan fingerprint density at radius 2 is 2.00 bits per heavy atom. The van der Waals surface area contributed by atoms with Gasteiger partial charge in [0, 0.05) is 6.54 Å². The highest BCUT2D eigenvalue weighted by molar-refractivity contribution is 14.0. The van der Waals surface area contributed by atoms with Crippen molar-refractivity contribution >= 4 is 41.3 Å². The number of guanidine groups is 1. The van der Waals surface area contributed by atoms with E-state index in [4.69, 9.17) is 9.47 Å². The Kier molecular flexibility index (Phi) is 10.6. The van der Waals surface area contributed by atoms with E-state index < -0.39 is 5.60 Å². The summed E-state index contributed by atoms with van der Waals surface area (Å²) in [7, 11) is 1.63. The lowest BCUT2D eigenvalue weighted by Gasteiger charge is -2.24. The van der Waals surface area contributed by atoms with E-state index >= 15 is 0 Å². The molecular formula is C20H30IN3O3S. The predicted molar refractivity (Wildman–Crippen MR) is 126 cm³/mol. The van der Waals surface area contributed by atoms with Crippen molar-refractivity contribution in [3.63, 3.8) is 0 Å². The Hall–Kier alpha value is -1.52. The number of thiophene rings is 1. The number of nitrogens with zero attached hydrogens (tertiary/aromatic N) is 1. The largest absolute Gasteiger partial charge is 0.493 e. The van der Waals surface area contributed by atoms with E-state index in [2.05, 4.69) is 15.6 Å². The Morgan fingerprint density at radius 3 is 2.61 bits per heavy atom. The van der Waals surface area contributed by atoms with Gasteiger partial charge in [-0.1, -0.05) is 6.07 Å². The molecule has 156 valence electrons. The number of rotatable bonds is 9. The molecule has 0 aliphatic rings. The predicted octanol–water partition coefficient (Wildman–Crippen LogP) is 3.74. The van der Waals surface area contributed by atoms with Crippen molar-refractivity contribution in [2.45, 2.75) is 32.9 Å².